The van der Waals surface area contributed by atoms with Gasteiger partial charge in [-0.25, -0.2) is 0 Å². The monoisotopic (exact) mass is 830 g/mol. The second-order valence-electron chi connectivity index (χ2n) is 16.5. The van der Waals surface area contributed by atoms with Crippen molar-refractivity contribution in [3.05, 3.63) is 259 Å². The van der Waals surface area contributed by atoms with Crippen LogP contribution in [-0.4, -0.2) is 14.5 Å². The van der Waals surface area contributed by atoms with Gasteiger partial charge in [-0.2, -0.15) is 5.26 Å². The smallest absolute Gasteiger partial charge is 0.132 e. The first-order chi connectivity index (χ1) is 32.2. The summed E-state index contributed by atoms with van der Waals surface area (Å²) in [7, 11) is 0. The molecule has 12 rings (SSSR count). The summed E-state index contributed by atoms with van der Waals surface area (Å²) in [4.78, 5) is 8.90. The molecular formula is C60H38N4O. The van der Waals surface area contributed by atoms with Crippen molar-refractivity contribution in [2.24, 2.45) is 0 Å². The Morgan fingerprint density at radius 1 is 0.415 bits per heavy atom. The van der Waals surface area contributed by atoms with Crippen LogP contribution in [0.1, 0.15) is 27.8 Å². The van der Waals surface area contributed by atoms with Crippen LogP contribution in [0.2, 0.25) is 0 Å². The largest absolute Gasteiger partial charge is 0.457 e. The maximum absolute atomic E-state index is 9.94. The molecule has 0 saturated carbocycles. The van der Waals surface area contributed by atoms with Gasteiger partial charge in [-0.15, -0.1) is 0 Å². The van der Waals surface area contributed by atoms with Crippen LogP contribution >= 0.6 is 0 Å². The number of rotatable bonds is 7. The van der Waals surface area contributed by atoms with Crippen LogP contribution in [-0.2, 0) is 5.41 Å². The van der Waals surface area contributed by atoms with Gasteiger partial charge in [0.1, 0.15) is 11.5 Å². The summed E-state index contributed by atoms with van der Waals surface area (Å²) >= 11 is 0. The second kappa shape index (κ2) is 15.5. The summed E-state index contributed by atoms with van der Waals surface area (Å²) in [5.41, 5.74) is 16.0. The molecular weight excluding hydrogens is 793 g/mol. The normalized spacial score (nSPS) is 12.5. The summed E-state index contributed by atoms with van der Waals surface area (Å²) < 4.78 is 9.50. The first-order valence-corrected chi connectivity index (χ1v) is 21.7. The highest BCUT2D eigenvalue weighted by molar-refractivity contribution is 6.11. The lowest BCUT2D eigenvalue weighted by atomic mass is 9.63. The Hall–Kier alpha value is -8.85. The first-order valence-electron chi connectivity index (χ1n) is 21.7. The minimum atomic E-state index is -0.693. The van der Waals surface area contributed by atoms with Crippen LogP contribution in [0, 0.1) is 11.3 Å². The maximum atomic E-state index is 9.94. The van der Waals surface area contributed by atoms with Crippen molar-refractivity contribution in [1.82, 2.24) is 14.5 Å². The zero-order valence-electron chi connectivity index (χ0n) is 35.1. The first kappa shape index (κ1) is 37.9. The topological polar surface area (TPSA) is 63.7 Å². The van der Waals surface area contributed by atoms with Gasteiger partial charge in [-0.3, -0.25) is 9.97 Å². The predicted molar refractivity (Wildman–Crippen MR) is 261 cm³/mol. The molecule has 3 aromatic heterocycles. The SMILES string of the molecule is N#Cc1ccc2c(c1)c1cc(-c3ccc4c(c3)Oc3cc(-c5cc(-c6cccnc6)cc(-c6cccnc6)c5)ccc3C4(c3ccccc3)c3ccccc3)ccc1n2-c1ccccc1. The number of nitriles is 1. The molecule has 0 fully saturated rings. The molecule has 0 spiro atoms. The number of hydrogen-bond acceptors (Lipinski definition) is 4. The van der Waals surface area contributed by atoms with E-state index in [1.54, 1.807) is 12.4 Å². The Labute approximate surface area is 376 Å². The lowest BCUT2D eigenvalue weighted by molar-refractivity contribution is 0.435. The van der Waals surface area contributed by atoms with Gasteiger partial charge in [0.05, 0.1) is 28.1 Å². The fourth-order valence-electron chi connectivity index (χ4n) is 9.94. The standard InChI is InChI=1S/C60H38N4O/c61-37-40-20-26-56-52(30-40)53-34-41(23-27-57(53)64(56)51-18-8-3-9-19-51)42-21-24-54-58(35-42)65-59-36-43(22-25-55(59)60(54,49-14-4-1-5-15-49)50-16-6-2-7-17-50)46-31-47(44-12-10-28-62-38-44)33-48(32-46)45-13-11-29-63-39-45/h1-36,38-39H. The van der Waals surface area contributed by atoms with Crippen molar-refractivity contribution in [2.45, 2.75) is 5.41 Å². The number of benzene rings is 8. The molecule has 5 heteroatoms. The summed E-state index contributed by atoms with van der Waals surface area (Å²) in [6.07, 6.45) is 7.43. The zero-order valence-corrected chi connectivity index (χ0v) is 35.1. The van der Waals surface area contributed by atoms with E-state index in [2.05, 4.69) is 197 Å². The average molecular weight is 831 g/mol. The van der Waals surface area contributed by atoms with E-state index in [0.29, 0.717) is 5.56 Å². The van der Waals surface area contributed by atoms with Crippen LogP contribution in [0.4, 0.5) is 0 Å². The molecule has 304 valence electrons. The molecule has 1 aliphatic rings. The third kappa shape index (κ3) is 6.31. The number of hydrogen-bond donors (Lipinski definition) is 0. The highest BCUT2D eigenvalue weighted by Gasteiger charge is 2.45. The molecule has 0 N–H and O–H groups in total. The molecule has 1 aliphatic heterocycles. The molecule has 0 aliphatic carbocycles. The van der Waals surface area contributed by atoms with E-state index >= 15 is 0 Å². The summed E-state index contributed by atoms with van der Waals surface area (Å²) in [5.74, 6) is 1.58. The highest BCUT2D eigenvalue weighted by Crippen LogP contribution is 2.56. The maximum Gasteiger partial charge on any atom is 0.132 e. The van der Waals surface area contributed by atoms with Crippen LogP contribution < -0.4 is 4.74 Å². The van der Waals surface area contributed by atoms with Crippen molar-refractivity contribution in [2.75, 3.05) is 0 Å². The van der Waals surface area contributed by atoms with Gasteiger partial charge in [0.2, 0.25) is 0 Å². The fourth-order valence-corrected chi connectivity index (χ4v) is 9.94. The average Bonchev–Trinajstić information content (AvgIpc) is 3.71. The van der Waals surface area contributed by atoms with Gasteiger partial charge >= 0.3 is 0 Å². The Morgan fingerprint density at radius 2 is 0.892 bits per heavy atom. The van der Waals surface area contributed by atoms with Crippen LogP contribution in [0.5, 0.6) is 11.5 Å². The van der Waals surface area contributed by atoms with E-state index in [1.807, 2.05) is 42.7 Å². The second-order valence-corrected chi connectivity index (χ2v) is 16.5. The molecule has 5 nitrogen and oxygen atoms in total. The Morgan fingerprint density at radius 3 is 1.43 bits per heavy atom. The number of nitrogens with zero attached hydrogens (tertiary/aromatic N) is 4. The Balaban J connectivity index is 1.06. The Bertz CT molecular complexity index is 3520. The van der Waals surface area contributed by atoms with Gasteiger partial charge in [0.15, 0.2) is 0 Å². The van der Waals surface area contributed by atoms with E-state index in [0.717, 1.165) is 106 Å². The number of pyridine rings is 2. The van der Waals surface area contributed by atoms with Gasteiger partial charge in [-0.1, -0.05) is 121 Å². The van der Waals surface area contributed by atoms with E-state index in [1.165, 1.54) is 0 Å². The van der Waals surface area contributed by atoms with Crippen molar-refractivity contribution >= 4 is 21.8 Å². The third-order valence-corrected chi connectivity index (χ3v) is 12.9. The minimum absolute atomic E-state index is 0.630. The Kier molecular flexibility index (Phi) is 9.03. The molecule has 0 amide bonds. The molecule has 0 saturated heterocycles. The molecule has 11 aromatic rings. The minimum Gasteiger partial charge on any atom is -0.457 e. The lowest BCUT2D eigenvalue weighted by Gasteiger charge is -2.42. The fraction of sp³-hybridized carbons (Fsp3) is 0.0167. The number of fused-ring (bicyclic) bond motifs is 5. The van der Waals surface area contributed by atoms with Gasteiger partial charge in [-0.05, 0) is 129 Å². The molecule has 0 radical (unpaired) electrons. The van der Waals surface area contributed by atoms with Crippen molar-refractivity contribution < 1.29 is 4.74 Å². The van der Waals surface area contributed by atoms with E-state index < -0.39 is 5.41 Å². The molecule has 65 heavy (non-hydrogen) atoms. The molecule has 0 unspecified atom stereocenters. The van der Waals surface area contributed by atoms with Crippen molar-refractivity contribution in [1.29, 1.82) is 5.26 Å². The van der Waals surface area contributed by atoms with Gasteiger partial charge in [0, 0.05) is 63.5 Å². The van der Waals surface area contributed by atoms with Crippen molar-refractivity contribution in [3.8, 4) is 67.8 Å². The molecule has 8 aromatic carbocycles. The predicted octanol–water partition coefficient (Wildman–Crippen LogP) is 14.6. The van der Waals surface area contributed by atoms with Crippen LogP contribution in [0.3, 0.4) is 0 Å². The molecule has 4 heterocycles. The quantitative estimate of drug-likeness (QED) is 0.160. The van der Waals surface area contributed by atoms with Crippen molar-refractivity contribution in [3.63, 3.8) is 0 Å². The third-order valence-electron chi connectivity index (χ3n) is 12.9. The van der Waals surface area contributed by atoms with E-state index in [4.69, 9.17) is 4.74 Å². The highest BCUT2D eigenvalue weighted by atomic mass is 16.5. The lowest BCUT2D eigenvalue weighted by Crippen LogP contribution is -2.34. The summed E-state index contributed by atoms with van der Waals surface area (Å²) in [6.45, 7) is 0. The van der Waals surface area contributed by atoms with Crippen LogP contribution in [0.15, 0.2) is 231 Å². The molecule has 0 atom stereocenters. The van der Waals surface area contributed by atoms with Gasteiger partial charge in [0.25, 0.3) is 0 Å². The van der Waals surface area contributed by atoms with E-state index in [9.17, 15) is 5.26 Å². The zero-order chi connectivity index (χ0) is 43.3. The van der Waals surface area contributed by atoms with E-state index in [-0.39, 0.29) is 0 Å². The molecule has 0 bridgehead atoms. The summed E-state index contributed by atoms with van der Waals surface area (Å²) in [5, 5.41) is 12.1. The van der Waals surface area contributed by atoms with Crippen LogP contribution in [0.25, 0.3) is 72.0 Å². The summed E-state index contributed by atoms with van der Waals surface area (Å²) in [6, 6.07) is 75.2. The van der Waals surface area contributed by atoms with Gasteiger partial charge < -0.3 is 9.30 Å². The number of aromatic nitrogens is 3. The number of para-hydroxylation sites is 1. The number of ether oxygens (including phenoxy) is 1.